The van der Waals surface area contributed by atoms with E-state index in [-0.39, 0.29) is 5.82 Å². The molecule has 1 atom stereocenters. The third kappa shape index (κ3) is 2.68. The molecule has 1 saturated heterocycles. The van der Waals surface area contributed by atoms with Crippen molar-refractivity contribution in [2.24, 2.45) is 0 Å². The minimum absolute atomic E-state index is 0.259. The second-order valence-electron chi connectivity index (χ2n) is 5.63. The highest BCUT2D eigenvalue weighted by atomic mass is 19.1. The van der Waals surface area contributed by atoms with E-state index in [1.54, 1.807) is 7.11 Å². The lowest BCUT2D eigenvalue weighted by molar-refractivity contribution is 0.280. The van der Waals surface area contributed by atoms with Gasteiger partial charge < -0.3 is 9.72 Å². The van der Waals surface area contributed by atoms with Crippen LogP contribution in [-0.4, -0.2) is 36.1 Å². The van der Waals surface area contributed by atoms with Crippen LogP contribution in [0.5, 0.6) is 5.75 Å². The van der Waals surface area contributed by atoms with E-state index < -0.39 is 0 Å². The number of methoxy groups -OCH3 is 1. The van der Waals surface area contributed by atoms with E-state index in [0.29, 0.717) is 17.3 Å². The van der Waals surface area contributed by atoms with Gasteiger partial charge in [0.15, 0.2) is 5.82 Å². The molecule has 3 rings (SSSR count). The molecule has 1 N–H and O–H groups in total. The van der Waals surface area contributed by atoms with Crippen LogP contribution in [0.25, 0.3) is 10.9 Å². The molecule has 0 radical (unpaired) electrons. The van der Waals surface area contributed by atoms with E-state index >= 15 is 0 Å². The van der Waals surface area contributed by atoms with Crippen LogP contribution in [-0.2, 0) is 6.42 Å². The van der Waals surface area contributed by atoms with Crippen LogP contribution < -0.4 is 4.74 Å². The topological polar surface area (TPSA) is 28.3 Å². The molecular weight excluding hydrogens is 267 g/mol. The summed E-state index contributed by atoms with van der Waals surface area (Å²) < 4.78 is 19.2. The molecule has 1 fully saturated rings. The number of halogens is 1. The SMILES string of the molecule is C=CCN1CCCC1Cc1c[nH]c2c(F)cc(OC)cc12. The number of hydrogen-bond acceptors (Lipinski definition) is 2. The minimum atomic E-state index is -0.259. The number of aromatic nitrogens is 1. The van der Waals surface area contributed by atoms with E-state index in [0.717, 1.165) is 30.5 Å². The first-order chi connectivity index (χ1) is 10.2. The number of nitrogens with one attached hydrogen (secondary N) is 1. The predicted molar refractivity (Wildman–Crippen MR) is 83.3 cm³/mol. The molecule has 1 aliphatic heterocycles. The molecule has 2 heterocycles. The first-order valence-electron chi connectivity index (χ1n) is 7.41. The first kappa shape index (κ1) is 14.1. The third-order valence-corrected chi connectivity index (χ3v) is 4.35. The zero-order valence-corrected chi connectivity index (χ0v) is 12.4. The molecule has 0 amide bonds. The van der Waals surface area contributed by atoms with E-state index in [1.165, 1.54) is 18.9 Å². The summed E-state index contributed by atoms with van der Waals surface area (Å²) in [7, 11) is 1.57. The molecule has 112 valence electrons. The fraction of sp³-hybridized carbons (Fsp3) is 0.412. The Kier molecular flexibility index (Phi) is 3.97. The smallest absolute Gasteiger partial charge is 0.150 e. The third-order valence-electron chi connectivity index (χ3n) is 4.35. The summed E-state index contributed by atoms with van der Waals surface area (Å²) >= 11 is 0. The number of benzene rings is 1. The number of hydrogen-bond donors (Lipinski definition) is 1. The van der Waals surface area contributed by atoms with Crippen molar-refractivity contribution in [1.29, 1.82) is 0 Å². The lowest BCUT2D eigenvalue weighted by Gasteiger charge is -2.22. The zero-order valence-electron chi connectivity index (χ0n) is 12.4. The van der Waals surface area contributed by atoms with Crippen LogP contribution in [0.2, 0.25) is 0 Å². The van der Waals surface area contributed by atoms with Crippen molar-refractivity contribution in [2.75, 3.05) is 20.2 Å². The van der Waals surface area contributed by atoms with Gasteiger partial charge in [0.05, 0.1) is 12.6 Å². The summed E-state index contributed by atoms with van der Waals surface area (Å²) in [6.45, 7) is 5.87. The van der Waals surface area contributed by atoms with Gasteiger partial charge in [0.2, 0.25) is 0 Å². The number of rotatable bonds is 5. The lowest BCUT2D eigenvalue weighted by atomic mass is 10.0. The van der Waals surface area contributed by atoms with Crippen LogP contribution in [0.4, 0.5) is 4.39 Å². The van der Waals surface area contributed by atoms with Crippen molar-refractivity contribution >= 4 is 10.9 Å². The van der Waals surface area contributed by atoms with Gasteiger partial charge in [-0.25, -0.2) is 4.39 Å². The van der Waals surface area contributed by atoms with Crippen molar-refractivity contribution in [3.05, 3.63) is 42.4 Å². The molecule has 0 bridgehead atoms. The van der Waals surface area contributed by atoms with Crippen molar-refractivity contribution in [2.45, 2.75) is 25.3 Å². The van der Waals surface area contributed by atoms with Gasteiger partial charge in [-0.2, -0.15) is 0 Å². The van der Waals surface area contributed by atoms with Crippen molar-refractivity contribution < 1.29 is 9.13 Å². The Labute approximate surface area is 124 Å². The second-order valence-corrected chi connectivity index (χ2v) is 5.63. The molecule has 4 heteroatoms. The number of ether oxygens (including phenoxy) is 1. The van der Waals surface area contributed by atoms with E-state index in [4.69, 9.17) is 4.74 Å². The Balaban J connectivity index is 1.90. The Morgan fingerprint density at radius 1 is 1.52 bits per heavy atom. The Morgan fingerprint density at radius 2 is 2.38 bits per heavy atom. The highest BCUT2D eigenvalue weighted by molar-refractivity contribution is 5.85. The molecule has 3 nitrogen and oxygen atoms in total. The standard InChI is InChI=1S/C17H21FN2O/c1-3-6-20-7-4-5-13(20)8-12-11-19-17-15(12)9-14(21-2)10-16(17)18/h3,9-11,13,19H,1,4-8H2,2H3. The molecule has 2 aromatic rings. The normalized spacial score (nSPS) is 19.2. The van der Waals surface area contributed by atoms with Crippen molar-refractivity contribution in [3.8, 4) is 5.75 Å². The second kappa shape index (κ2) is 5.90. The number of fused-ring (bicyclic) bond motifs is 1. The molecule has 0 aliphatic carbocycles. The summed E-state index contributed by atoms with van der Waals surface area (Å²) in [5, 5.41) is 0.928. The van der Waals surface area contributed by atoms with Crippen LogP contribution in [0, 0.1) is 5.82 Å². The largest absolute Gasteiger partial charge is 0.497 e. The molecule has 0 spiro atoms. The Bertz CT molecular complexity index is 650. The minimum Gasteiger partial charge on any atom is -0.497 e. The molecule has 1 aromatic heterocycles. The number of likely N-dealkylation sites (tertiary alicyclic amines) is 1. The number of nitrogens with zero attached hydrogens (tertiary/aromatic N) is 1. The van der Waals surface area contributed by atoms with Gasteiger partial charge in [-0.05, 0) is 37.4 Å². The van der Waals surface area contributed by atoms with Gasteiger partial charge in [-0.3, -0.25) is 4.90 Å². The summed E-state index contributed by atoms with van der Waals surface area (Å²) in [6, 6.07) is 3.84. The molecule has 1 aromatic carbocycles. The van der Waals surface area contributed by atoms with Crippen LogP contribution >= 0.6 is 0 Å². The number of aromatic amines is 1. The first-order valence-corrected chi connectivity index (χ1v) is 7.41. The van der Waals surface area contributed by atoms with Gasteiger partial charge in [0, 0.05) is 30.2 Å². The Hall–Kier alpha value is -1.81. The highest BCUT2D eigenvalue weighted by Crippen LogP contribution is 2.29. The Morgan fingerprint density at radius 3 is 3.14 bits per heavy atom. The van der Waals surface area contributed by atoms with Gasteiger partial charge >= 0.3 is 0 Å². The average molecular weight is 288 g/mol. The quantitative estimate of drug-likeness (QED) is 0.853. The maximum absolute atomic E-state index is 14.0. The number of H-pyrrole nitrogens is 1. The van der Waals surface area contributed by atoms with E-state index in [1.807, 2.05) is 18.3 Å². The molecule has 21 heavy (non-hydrogen) atoms. The molecule has 0 saturated carbocycles. The zero-order chi connectivity index (χ0) is 14.8. The fourth-order valence-corrected chi connectivity index (χ4v) is 3.29. The van der Waals surface area contributed by atoms with E-state index in [9.17, 15) is 4.39 Å². The molecule has 1 unspecified atom stereocenters. The maximum atomic E-state index is 14.0. The average Bonchev–Trinajstić information content (AvgIpc) is 3.08. The van der Waals surface area contributed by atoms with E-state index in [2.05, 4.69) is 16.5 Å². The highest BCUT2D eigenvalue weighted by Gasteiger charge is 2.24. The predicted octanol–water partition coefficient (Wildman–Crippen LogP) is 3.51. The fourth-order valence-electron chi connectivity index (χ4n) is 3.29. The lowest BCUT2D eigenvalue weighted by Crippen LogP contribution is -2.31. The van der Waals surface area contributed by atoms with Crippen molar-refractivity contribution in [1.82, 2.24) is 9.88 Å². The summed E-state index contributed by atoms with van der Waals surface area (Å²) in [6.07, 6.45) is 7.22. The summed E-state index contributed by atoms with van der Waals surface area (Å²) in [5.74, 6) is 0.306. The molecule has 1 aliphatic rings. The monoisotopic (exact) mass is 288 g/mol. The van der Waals surface area contributed by atoms with Crippen LogP contribution in [0.15, 0.2) is 31.0 Å². The van der Waals surface area contributed by atoms with Gasteiger partial charge in [0.25, 0.3) is 0 Å². The van der Waals surface area contributed by atoms with Crippen LogP contribution in [0.3, 0.4) is 0 Å². The van der Waals surface area contributed by atoms with Crippen molar-refractivity contribution in [3.63, 3.8) is 0 Å². The van der Waals surface area contributed by atoms with Gasteiger partial charge in [-0.15, -0.1) is 6.58 Å². The van der Waals surface area contributed by atoms with Gasteiger partial charge in [0.1, 0.15) is 5.75 Å². The summed E-state index contributed by atoms with van der Waals surface area (Å²) in [5.41, 5.74) is 1.72. The van der Waals surface area contributed by atoms with Crippen LogP contribution in [0.1, 0.15) is 18.4 Å². The van der Waals surface area contributed by atoms with Gasteiger partial charge in [-0.1, -0.05) is 6.08 Å². The summed E-state index contributed by atoms with van der Waals surface area (Å²) in [4.78, 5) is 5.51. The molecular formula is C17H21FN2O. The maximum Gasteiger partial charge on any atom is 0.150 e.